The van der Waals surface area contributed by atoms with Crippen molar-refractivity contribution >= 4 is 11.6 Å². The number of hydrogen-bond donors (Lipinski definition) is 2. The van der Waals surface area contributed by atoms with E-state index < -0.39 is 11.7 Å². The molecule has 1 aliphatic rings. The first kappa shape index (κ1) is 14.5. The molecular formula is C13H15ClF3NO. The van der Waals surface area contributed by atoms with Crippen LogP contribution in [-0.2, 0) is 12.6 Å². The van der Waals surface area contributed by atoms with Crippen molar-refractivity contribution in [2.75, 3.05) is 13.1 Å². The number of hydrogen-bond acceptors (Lipinski definition) is 2. The average molecular weight is 294 g/mol. The molecule has 0 aromatic heterocycles. The Labute approximate surface area is 114 Å². The summed E-state index contributed by atoms with van der Waals surface area (Å²) in [4.78, 5) is 0. The van der Waals surface area contributed by atoms with Gasteiger partial charge in [0.05, 0.1) is 10.6 Å². The Hall–Kier alpha value is -0.940. The molecule has 6 heteroatoms. The molecule has 1 aliphatic heterocycles. The highest BCUT2D eigenvalue weighted by Gasteiger charge is 2.32. The van der Waals surface area contributed by atoms with Crippen LogP contribution < -0.4 is 5.32 Å². The van der Waals surface area contributed by atoms with E-state index in [1.165, 1.54) is 0 Å². The quantitative estimate of drug-likeness (QED) is 0.873. The third-order valence-electron chi connectivity index (χ3n) is 3.44. The number of phenols is 1. The van der Waals surface area contributed by atoms with Crippen LogP contribution in [0, 0.1) is 5.92 Å². The number of benzene rings is 1. The van der Waals surface area contributed by atoms with Crippen molar-refractivity contribution in [1.29, 1.82) is 0 Å². The first-order chi connectivity index (χ1) is 8.88. The van der Waals surface area contributed by atoms with Gasteiger partial charge >= 0.3 is 6.18 Å². The minimum atomic E-state index is -4.44. The molecule has 2 nitrogen and oxygen atoms in total. The second-order valence-corrected chi connectivity index (χ2v) is 5.27. The Morgan fingerprint density at radius 2 is 1.89 bits per heavy atom. The molecule has 0 spiro atoms. The lowest BCUT2D eigenvalue weighted by atomic mass is 9.90. The Balaban J connectivity index is 2.25. The summed E-state index contributed by atoms with van der Waals surface area (Å²) in [5, 5.41) is 12.8. The number of alkyl halides is 3. The van der Waals surface area contributed by atoms with Gasteiger partial charge in [-0.3, -0.25) is 0 Å². The largest absolute Gasteiger partial charge is 0.506 e. The third-order valence-corrected chi connectivity index (χ3v) is 3.73. The molecule has 19 heavy (non-hydrogen) atoms. The summed E-state index contributed by atoms with van der Waals surface area (Å²) >= 11 is 5.68. The first-order valence-corrected chi connectivity index (χ1v) is 6.55. The molecule has 1 fully saturated rings. The molecule has 2 rings (SSSR count). The highest BCUT2D eigenvalue weighted by atomic mass is 35.5. The summed E-state index contributed by atoms with van der Waals surface area (Å²) in [7, 11) is 0. The van der Waals surface area contributed by atoms with E-state index >= 15 is 0 Å². The summed E-state index contributed by atoms with van der Waals surface area (Å²) < 4.78 is 38.1. The minimum absolute atomic E-state index is 0.229. The van der Waals surface area contributed by atoms with Crippen LogP contribution >= 0.6 is 11.6 Å². The van der Waals surface area contributed by atoms with Gasteiger partial charge in [-0.1, -0.05) is 11.6 Å². The molecule has 0 amide bonds. The molecule has 1 aromatic carbocycles. The zero-order chi connectivity index (χ0) is 14.0. The van der Waals surface area contributed by atoms with Crippen molar-refractivity contribution in [2.24, 2.45) is 5.92 Å². The smallest absolute Gasteiger partial charge is 0.416 e. The molecule has 2 N–H and O–H groups in total. The number of phenolic OH excluding ortho intramolecular Hbond substituents is 1. The molecule has 1 aromatic rings. The van der Waals surface area contributed by atoms with Crippen LogP contribution in [0.15, 0.2) is 12.1 Å². The van der Waals surface area contributed by atoms with Crippen LogP contribution in [0.1, 0.15) is 24.0 Å². The van der Waals surface area contributed by atoms with Gasteiger partial charge in [0.1, 0.15) is 5.75 Å². The van der Waals surface area contributed by atoms with Gasteiger partial charge in [0.15, 0.2) is 0 Å². The lowest BCUT2D eigenvalue weighted by Gasteiger charge is -2.23. The van der Waals surface area contributed by atoms with Crippen molar-refractivity contribution in [3.8, 4) is 5.75 Å². The fraction of sp³-hybridized carbons (Fsp3) is 0.538. The zero-order valence-corrected chi connectivity index (χ0v) is 11.0. The Morgan fingerprint density at radius 1 is 1.26 bits per heavy atom. The van der Waals surface area contributed by atoms with E-state index in [1.807, 2.05) is 0 Å². The van der Waals surface area contributed by atoms with Crippen molar-refractivity contribution in [2.45, 2.75) is 25.4 Å². The number of halogens is 4. The summed E-state index contributed by atoms with van der Waals surface area (Å²) in [6.45, 7) is 1.72. The predicted octanol–water partition coefficient (Wildman–Crippen LogP) is 3.61. The first-order valence-electron chi connectivity index (χ1n) is 6.17. The second-order valence-electron chi connectivity index (χ2n) is 4.86. The summed E-state index contributed by atoms with van der Waals surface area (Å²) in [5.41, 5.74) is -0.522. The van der Waals surface area contributed by atoms with Crippen molar-refractivity contribution in [3.63, 3.8) is 0 Å². The fourth-order valence-electron chi connectivity index (χ4n) is 2.37. The third kappa shape index (κ3) is 3.54. The monoisotopic (exact) mass is 293 g/mol. The SMILES string of the molecule is Oc1c(Cl)cc(C(F)(F)F)cc1CC1CCNCC1. The average Bonchev–Trinajstić information content (AvgIpc) is 2.34. The summed E-state index contributed by atoms with van der Waals surface area (Å²) in [6.07, 6.45) is -2.22. The number of aromatic hydroxyl groups is 1. The van der Waals surface area contributed by atoms with E-state index in [9.17, 15) is 18.3 Å². The number of nitrogens with one attached hydrogen (secondary N) is 1. The van der Waals surface area contributed by atoms with Gasteiger partial charge in [-0.15, -0.1) is 0 Å². The van der Waals surface area contributed by atoms with E-state index in [4.69, 9.17) is 11.6 Å². The topological polar surface area (TPSA) is 32.3 Å². The van der Waals surface area contributed by atoms with Crippen LogP contribution in [0.2, 0.25) is 5.02 Å². The van der Waals surface area contributed by atoms with Crippen LogP contribution in [0.4, 0.5) is 13.2 Å². The molecule has 0 bridgehead atoms. The van der Waals surface area contributed by atoms with Gasteiger partial charge in [0.25, 0.3) is 0 Å². The highest BCUT2D eigenvalue weighted by Crippen LogP contribution is 2.38. The Bertz CT molecular complexity index is 456. The van der Waals surface area contributed by atoms with Crippen LogP contribution in [0.5, 0.6) is 5.75 Å². The van der Waals surface area contributed by atoms with E-state index in [2.05, 4.69) is 5.32 Å². The lowest BCUT2D eigenvalue weighted by molar-refractivity contribution is -0.137. The molecule has 1 heterocycles. The number of piperidine rings is 1. The molecule has 1 saturated heterocycles. The normalized spacial score (nSPS) is 17.7. The van der Waals surface area contributed by atoms with Gasteiger partial charge in [0.2, 0.25) is 0 Å². The van der Waals surface area contributed by atoms with E-state index in [-0.39, 0.29) is 22.3 Å². The maximum Gasteiger partial charge on any atom is 0.416 e. The Kier molecular flexibility index (Phi) is 4.26. The van der Waals surface area contributed by atoms with Crippen molar-refractivity contribution in [3.05, 3.63) is 28.3 Å². The van der Waals surface area contributed by atoms with Crippen molar-refractivity contribution < 1.29 is 18.3 Å². The highest BCUT2D eigenvalue weighted by molar-refractivity contribution is 6.32. The van der Waals surface area contributed by atoms with Crippen LogP contribution in [0.3, 0.4) is 0 Å². The Morgan fingerprint density at radius 3 is 2.47 bits per heavy atom. The maximum absolute atomic E-state index is 12.7. The van der Waals surface area contributed by atoms with Crippen molar-refractivity contribution in [1.82, 2.24) is 5.32 Å². The molecule has 106 valence electrons. The molecule has 0 aliphatic carbocycles. The van der Waals surface area contributed by atoms with Crippen LogP contribution in [0.25, 0.3) is 0 Å². The van der Waals surface area contributed by atoms with Gasteiger partial charge < -0.3 is 10.4 Å². The zero-order valence-electron chi connectivity index (χ0n) is 10.2. The molecule has 0 radical (unpaired) electrons. The van der Waals surface area contributed by atoms with E-state index in [0.717, 1.165) is 38.1 Å². The van der Waals surface area contributed by atoms with Gasteiger partial charge in [-0.2, -0.15) is 13.2 Å². The molecule has 0 saturated carbocycles. The van der Waals surface area contributed by atoms with Gasteiger partial charge in [-0.25, -0.2) is 0 Å². The molecule has 0 atom stereocenters. The number of rotatable bonds is 2. The van der Waals surface area contributed by atoms with Crippen LogP contribution in [-0.4, -0.2) is 18.2 Å². The minimum Gasteiger partial charge on any atom is -0.506 e. The molecular weight excluding hydrogens is 279 g/mol. The lowest BCUT2D eigenvalue weighted by Crippen LogP contribution is -2.28. The standard InChI is InChI=1S/C13H15ClF3NO/c14-11-7-10(13(15,16)17)6-9(12(11)19)5-8-1-3-18-4-2-8/h6-8,18-19H,1-5H2. The second kappa shape index (κ2) is 5.59. The predicted molar refractivity (Wildman–Crippen MR) is 67.4 cm³/mol. The van der Waals surface area contributed by atoms with E-state index in [0.29, 0.717) is 6.42 Å². The fourth-order valence-corrected chi connectivity index (χ4v) is 2.61. The van der Waals surface area contributed by atoms with Gasteiger partial charge in [0, 0.05) is 0 Å². The summed E-state index contributed by atoms with van der Waals surface area (Å²) in [6, 6.07) is 1.77. The molecule has 0 unspecified atom stereocenters. The van der Waals surface area contributed by atoms with E-state index in [1.54, 1.807) is 0 Å². The van der Waals surface area contributed by atoms with Gasteiger partial charge in [-0.05, 0) is 56.0 Å². The summed E-state index contributed by atoms with van der Waals surface area (Å²) in [5.74, 6) is 0.0555. The maximum atomic E-state index is 12.7.